The quantitative estimate of drug-likeness (QED) is 0.728. The van der Waals surface area contributed by atoms with Gasteiger partial charge in [0.1, 0.15) is 11.4 Å². The summed E-state index contributed by atoms with van der Waals surface area (Å²) in [6.07, 6.45) is 0.150. The number of rotatable bonds is 3. The summed E-state index contributed by atoms with van der Waals surface area (Å²) in [7, 11) is 0. The van der Waals surface area contributed by atoms with Crippen LogP contribution in [-0.2, 0) is 14.3 Å². The van der Waals surface area contributed by atoms with Crippen molar-refractivity contribution in [3.05, 3.63) is 0 Å². The monoisotopic (exact) mass is 270 g/mol. The molecule has 19 heavy (non-hydrogen) atoms. The van der Waals surface area contributed by atoms with E-state index in [9.17, 15) is 9.59 Å². The maximum Gasteiger partial charge on any atom is 0.307 e. The van der Waals surface area contributed by atoms with Crippen LogP contribution in [0.4, 0.5) is 0 Å². The number of ketones is 1. The van der Waals surface area contributed by atoms with Gasteiger partial charge in [0.15, 0.2) is 0 Å². The molecular weight excluding hydrogens is 240 g/mol. The average Bonchev–Trinajstić information content (AvgIpc) is 2.06. The molecular formula is C16H30O3. The summed E-state index contributed by atoms with van der Waals surface area (Å²) >= 11 is 0. The Morgan fingerprint density at radius 2 is 1.32 bits per heavy atom. The first-order valence-corrected chi connectivity index (χ1v) is 6.91. The lowest BCUT2D eigenvalue weighted by Crippen LogP contribution is -2.39. The Morgan fingerprint density at radius 1 is 0.895 bits per heavy atom. The number of hydrogen-bond donors (Lipinski definition) is 0. The van der Waals surface area contributed by atoms with Crippen molar-refractivity contribution in [3.8, 4) is 0 Å². The predicted octanol–water partition coefficient (Wildman–Crippen LogP) is 4.00. The second-order valence-corrected chi connectivity index (χ2v) is 8.32. The van der Waals surface area contributed by atoms with E-state index in [1.54, 1.807) is 0 Å². The van der Waals surface area contributed by atoms with Crippen LogP contribution < -0.4 is 0 Å². The molecule has 0 aliphatic carbocycles. The van der Waals surface area contributed by atoms with Crippen LogP contribution >= 0.6 is 0 Å². The zero-order valence-electron chi connectivity index (χ0n) is 14.0. The number of esters is 1. The molecule has 0 amide bonds. The lowest BCUT2D eigenvalue weighted by Gasteiger charge is -2.34. The highest BCUT2D eigenvalue weighted by molar-refractivity contribution is 5.89. The summed E-state index contributed by atoms with van der Waals surface area (Å²) in [6, 6.07) is 0. The minimum absolute atomic E-state index is 0.117. The Bertz CT molecular complexity index is 334. The normalized spacial score (nSPS) is 15.0. The Hall–Kier alpha value is -0.860. The maximum absolute atomic E-state index is 12.5. The molecule has 0 aromatic rings. The van der Waals surface area contributed by atoms with Gasteiger partial charge in [-0.2, -0.15) is 0 Å². The highest BCUT2D eigenvalue weighted by Gasteiger charge is 2.39. The Labute approximate surface area is 118 Å². The topological polar surface area (TPSA) is 43.4 Å². The van der Waals surface area contributed by atoms with E-state index in [1.807, 2.05) is 62.3 Å². The van der Waals surface area contributed by atoms with Gasteiger partial charge in [-0.3, -0.25) is 9.59 Å². The van der Waals surface area contributed by atoms with Crippen molar-refractivity contribution in [3.63, 3.8) is 0 Å². The number of ether oxygens (including phenoxy) is 1. The molecule has 0 saturated carbocycles. The van der Waals surface area contributed by atoms with Crippen molar-refractivity contribution in [1.29, 1.82) is 0 Å². The zero-order chi connectivity index (χ0) is 15.6. The van der Waals surface area contributed by atoms with Gasteiger partial charge in [-0.25, -0.2) is 0 Å². The van der Waals surface area contributed by atoms with Crippen molar-refractivity contribution in [1.82, 2.24) is 0 Å². The van der Waals surface area contributed by atoms with Crippen LogP contribution in [0.15, 0.2) is 0 Å². The molecule has 0 radical (unpaired) electrons. The molecule has 0 N–H and O–H groups in total. The Kier molecular flexibility index (Phi) is 5.38. The largest absolute Gasteiger partial charge is 0.460 e. The fourth-order valence-electron chi connectivity index (χ4n) is 1.86. The fraction of sp³-hybridized carbons (Fsp3) is 0.875. The summed E-state index contributed by atoms with van der Waals surface area (Å²) in [6.45, 7) is 17.2. The van der Waals surface area contributed by atoms with Crippen LogP contribution in [0.3, 0.4) is 0 Å². The van der Waals surface area contributed by atoms with Gasteiger partial charge in [0.2, 0.25) is 0 Å². The fourth-order valence-corrected chi connectivity index (χ4v) is 1.86. The van der Waals surface area contributed by atoms with Crippen molar-refractivity contribution < 1.29 is 14.3 Å². The summed E-state index contributed by atoms with van der Waals surface area (Å²) in [5.74, 6) is -0.502. The number of carbonyl (C=O) groups excluding carboxylic acids is 2. The molecule has 0 fully saturated rings. The Balaban J connectivity index is 5.02. The van der Waals surface area contributed by atoms with Gasteiger partial charge in [-0.05, 0) is 26.2 Å². The van der Waals surface area contributed by atoms with Gasteiger partial charge in [0.25, 0.3) is 0 Å². The van der Waals surface area contributed by atoms with Crippen LogP contribution in [0.5, 0.6) is 0 Å². The molecule has 1 atom stereocenters. The molecule has 112 valence electrons. The number of hydrogen-bond acceptors (Lipinski definition) is 3. The number of Topliss-reactive ketones (excluding diaryl/α,β-unsaturated/α-hetero) is 1. The van der Waals surface area contributed by atoms with Gasteiger partial charge in [-0.15, -0.1) is 0 Å². The average molecular weight is 270 g/mol. The summed E-state index contributed by atoms with van der Waals surface area (Å²) in [4.78, 5) is 24.5. The second-order valence-electron chi connectivity index (χ2n) is 8.32. The smallest absolute Gasteiger partial charge is 0.307 e. The van der Waals surface area contributed by atoms with Gasteiger partial charge in [0.05, 0.1) is 6.42 Å². The van der Waals surface area contributed by atoms with E-state index >= 15 is 0 Å². The molecule has 0 rings (SSSR count). The van der Waals surface area contributed by atoms with E-state index in [1.165, 1.54) is 0 Å². The summed E-state index contributed by atoms with van der Waals surface area (Å²) in [5.41, 5.74) is -1.20. The van der Waals surface area contributed by atoms with Crippen molar-refractivity contribution in [2.45, 2.75) is 74.3 Å². The first kappa shape index (κ1) is 18.1. The minimum atomic E-state index is -0.510. The van der Waals surface area contributed by atoms with Crippen molar-refractivity contribution in [2.24, 2.45) is 16.7 Å². The van der Waals surface area contributed by atoms with Crippen LogP contribution in [-0.4, -0.2) is 17.4 Å². The summed E-state index contributed by atoms with van der Waals surface area (Å²) in [5, 5.41) is 0. The van der Waals surface area contributed by atoms with Crippen molar-refractivity contribution >= 4 is 11.8 Å². The van der Waals surface area contributed by atoms with Gasteiger partial charge in [0, 0.05) is 11.3 Å². The van der Waals surface area contributed by atoms with Gasteiger partial charge >= 0.3 is 5.97 Å². The molecule has 0 aromatic heterocycles. The zero-order valence-corrected chi connectivity index (χ0v) is 14.0. The molecule has 0 bridgehead atoms. The van der Waals surface area contributed by atoms with Crippen molar-refractivity contribution in [2.75, 3.05) is 0 Å². The van der Waals surface area contributed by atoms with Crippen LogP contribution in [0, 0.1) is 16.7 Å². The third-order valence-corrected chi connectivity index (χ3v) is 2.89. The van der Waals surface area contributed by atoms with Crippen LogP contribution in [0.1, 0.15) is 68.7 Å². The predicted molar refractivity (Wildman–Crippen MR) is 77.9 cm³/mol. The van der Waals surface area contributed by atoms with Crippen LogP contribution in [0.25, 0.3) is 0 Å². The van der Waals surface area contributed by atoms with E-state index in [0.717, 1.165) is 0 Å². The lowest BCUT2D eigenvalue weighted by molar-refractivity contribution is -0.159. The highest BCUT2D eigenvalue weighted by Crippen LogP contribution is 2.35. The standard InChI is InChI=1S/C16H30O3/c1-14(2,3)11(13(18)15(4,5)6)10-12(17)19-16(7,8)9/h11H,10H2,1-9H3/t11-/m0/s1. The van der Waals surface area contributed by atoms with E-state index in [-0.39, 0.29) is 29.5 Å². The molecule has 0 aromatic carbocycles. The first-order chi connectivity index (χ1) is 8.14. The van der Waals surface area contributed by atoms with E-state index in [0.29, 0.717) is 0 Å². The third-order valence-electron chi connectivity index (χ3n) is 2.89. The third kappa shape index (κ3) is 6.74. The minimum Gasteiger partial charge on any atom is -0.460 e. The Morgan fingerprint density at radius 3 is 1.58 bits per heavy atom. The molecule has 0 aliphatic rings. The molecule has 0 unspecified atom stereocenters. The molecule has 0 aliphatic heterocycles. The van der Waals surface area contributed by atoms with Gasteiger partial charge < -0.3 is 4.74 Å². The molecule has 3 heteroatoms. The van der Waals surface area contributed by atoms with E-state index in [4.69, 9.17) is 4.74 Å². The van der Waals surface area contributed by atoms with E-state index in [2.05, 4.69) is 0 Å². The SMILES string of the molecule is CC(C)(C)OC(=O)C[C@@H](C(=O)C(C)(C)C)C(C)(C)C. The molecule has 0 heterocycles. The first-order valence-electron chi connectivity index (χ1n) is 6.91. The van der Waals surface area contributed by atoms with Gasteiger partial charge in [-0.1, -0.05) is 41.5 Å². The number of carbonyl (C=O) groups is 2. The summed E-state index contributed by atoms with van der Waals surface area (Å²) < 4.78 is 5.34. The van der Waals surface area contributed by atoms with E-state index < -0.39 is 11.0 Å². The molecule has 0 spiro atoms. The maximum atomic E-state index is 12.5. The molecule has 0 saturated heterocycles. The molecule has 3 nitrogen and oxygen atoms in total. The lowest BCUT2D eigenvalue weighted by atomic mass is 9.69. The second kappa shape index (κ2) is 5.64. The van der Waals surface area contributed by atoms with Crippen LogP contribution in [0.2, 0.25) is 0 Å². The highest BCUT2D eigenvalue weighted by atomic mass is 16.6.